The van der Waals surface area contributed by atoms with Crippen LogP contribution in [0.25, 0.3) is 0 Å². The number of nitrogens with zero attached hydrogens (tertiary/aromatic N) is 1. The summed E-state index contributed by atoms with van der Waals surface area (Å²) in [7, 11) is 1.34. The second-order valence-corrected chi connectivity index (χ2v) is 8.61. The monoisotopic (exact) mass is 488 g/mol. The number of ether oxygens (including phenoxy) is 2. The predicted octanol–water partition coefficient (Wildman–Crippen LogP) is 3.12. The number of likely N-dealkylation sites (tertiary alicyclic amines) is 1. The summed E-state index contributed by atoms with van der Waals surface area (Å²) in [6.45, 7) is 0.378. The van der Waals surface area contributed by atoms with Gasteiger partial charge in [-0.3, -0.25) is 14.4 Å². The number of hydrogen-bond donors (Lipinski definition) is 1. The second kappa shape index (κ2) is 12.2. The minimum atomic E-state index is -0.667. The van der Waals surface area contributed by atoms with Gasteiger partial charge in [0.05, 0.1) is 24.3 Å². The predicted molar refractivity (Wildman–Crippen MR) is 124 cm³/mol. The number of carbonyl (C=O) groups excluding carboxylic acids is 4. The Morgan fingerprint density at radius 2 is 1.74 bits per heavy atom. The molecule has 8 nitrogen and oxygen atoms in total. The molecule has 0 atom stereocenters. The van der Waals surface area contributed by atoms with E-state index in [1.807, 2.05) is 0 Å². The highest BCUT2D eigenvalue weighted by Crippen LogP contribution is 2.24. The molecule has 0 aromatic heterocycles. The molecule has 0 aliphatic carbocycles. The van der Waals surface area contributed by atoms with Crippen molar-refractivity contribution in [1.82, 2.24) is 4.90 Å². The van der Waals surface area contributed by atoms with E-state index in [-0.39, 0.29) is 35.0 Å². The average Bonchev–Trinajstić information content (AvgIpc) is 2.87. The number of nitrogens with one attached hydrogen (secondary N) is 1. The van der Waals surface area contributed by atoms with Gasteiger partial charge in [0.2, 0.25) is 5.91 Å². The Bertz CT molecular complexity index is 1040. The number of anilines is 1. The molecule has 2 aromatic carbocycles. The Morgan fingerprint density at radius 3 is 2.41 bits per heavy atom. The number of rotatable bonds is 8. The van der Waals surface area contributed by atoms with Crippen molar-refractivity contribution in [3.05, 3.63) is 59.9 Å². The van der Waals surface area contributed by atoms with Crippen molar-refractivity contribution in [1.29, 1.82) is 0 Å². The summed E-state index contributed by atoms with van der Waals surface area (Å²) in [4.78, 5) is 50.9. The molecular weight excluding hydrogens is 463 g/mol. The summed E-state index contributed by atoms with van der Waals surface area (Å²) in [5, 5.41) is 2.66. The van der Waals surface area contributed by atoms with E-state index in [1.165, 1.54) is 31.4 Å². The minimum absolute atomic E-state index is 0.0236. The van der Waals surface area contributed by atoms with Crippen LogP contribution >= 0.6 is 11.8 Å². The Labute approximate surface area is 200 Å². The van der Waals surface area contributed by atoms with Crippen LogP contribution in [-0.2, 0) is 23.9 Å². The zero-order valence-electron chi connectivity index (χ0n) is 18.6. The maximum Gasteiger partial charge on any atom is 0.339 e. The van der Waals surface area contributed by atoms with E-state index in [1.54, 1.807) is 29.2 Å². The quantitative estimate of drug-likeness (QED) is 0.450. The van der Waals surface area contributed by atoms with Gasteiger partial charge in [-0.2, -0.15) is 0 Å². The smallest absolute Gasteiger partial charge is 0.339 e. The van der Waals surface area contributed by atoms with Gasteiger partial charge in [-0.05, 0) is 49.2 Å². The van der Waals surface area contributed by atoms with Gasteiger partial charge in [-0.25, -0.2) is 9.18 Å². The van der Waals surface area contributed by atoms with Crippen molar-refractivity contribution in [3.63, 3.8) is 0 Å². The van der Waals surface area contributed by atoms with E-state index >= 15 is 0 Å². The lowest BCUT2D eigenvalue weighted by Crippen LogP contribution is -2.42. The zero-order chi connectivity index (χ0) is 24.5. The molecule has 1 fully saturated rings. The lowest BCUT2D eigenvalue weighted by atomic mass is 9.97. The first kappa shape index (κ1) is 25.2. The van der Waals surface area contributed by atoms with Crippen LogP contribution in [0, 0.1) is 11.7 Å². The number of carbonyl (C=O) groups is 4. The number of methoxy groups -OCH3 is 1. The van der Waals surface area contributed by atoms with Crippen LogP contribution in [-0.4, -0.2) is 61.2 Å². The maximum atomic E-state index is 13.0. The van der Waals surface area contributed by atoms with Gasteiger partial charge < -0.3 is 19.7 Å². The largest absolute Gasteiger partial charge is 0.469 e. The van der Waals surface area contributed by atoms with Crippen molar-refractivity contribution >= 4 is 41.2 Å². The van der Waals surface area contributed by atoms with Crippen LogP contribution in [0.3, 0.4) is 0 Å². The second-order valence-electron chi connectivity index (χ2n) is 7.59. The van der Waals surface area contributed by atoms with E-state index in [0.717, 1.165) is 11.8 Å². The van der Waals surface area contributed by atoms with Gasteiger partial charge in [-0.15, -0.1) is 11.8 Å². The summed E-state index contributed by atoms with van der Waals surface area (Å²) in [6, 6.07) is 12.1. The summed E-state index contributed by atoms with van der Waals surface area (Å²) in [5.41, 5.74) is 0.716. The first-order chi connectivity index (χ1) is 16.4. The molecule has 2 amide bonds. The Hall–Kier alpha value is -3.40. The number of esters is 2. The summed E-state index contributed by atoms with van der Waals surface area (Å²) in [5.74, 6) is -2.19. The molecule has 10 heteroatoms. The van der Waals surface area contributed by atoms with Crippen LogP contribution in [0.2, 0.25) is 0 Å². The van der Waals surface area contributed by atoms with Gasteiger partial charge in [0.15, 0.2) is 6.61 Å². The first-order valence-electron chi connectivity index (χ1n) is 10.7. The molecule has 1 heterocycles. The average molecular weight is 489 g/mol. The van der Waals surface area contributed by atoms with E-state index in [2.05, 4.69) is 5.32 Å². The third-order valence-corrected chi connectivity index (χ3v) is 6.38. The first-order valence-corrected chi connectivity index (χ1v) is 11.7. The van der Waals surface area contributed by atoms with Crippen molar-refractivity contribution in [2.75, 3.05) is 37.9 Å². The van der Waals surface area contributed by atoms with Crippen LogP contribution in [0.4, 0.5) is 10.1 Å². The molecular formula is C24H25FN2O6S. The highest BCUT2D eigenvalue weighted by atomic mass is 32.2. The van der Waals surface area contributed by atoms with Crippen molar-refractivity contribution < 1.29 is 33.0 Å². The van der Waals surface area contributed by atoms with Crippen LogP contribution in [0.1, 0.15) is 23.2 Å². The Morgan fingerprint density at radius 1 is 1.06 bits per heavy atom. The van der Waals surface area contributed by atoms with Crippen LogP contribution < -0.4 is 5.32 Å². The Balaban J connectivity index is 1.49. The molecule has 180 valence electrons. The SMILES string of the molecule is COC(=O)C1CCN(C(=O)COC(=O)c2ccccc2SCC(=O)Nc2ccc(F)cc2)CC1. The zero-order valence-corrected chi connectivity index (χ0v) is 19.4. The molecule has 1 N–H and O–H groups in total. The third kappa shape index (κ3) is 7.05. The maximum absolute atomic E-state index is 13.0. The van der Waals surface area contributed by atoms with Crippen molar-refractivity contribution in [3.8, 4) is 0 Å². The number of hydrogen-bond acceptors (Lipinski definition) is 7. The topological polar surface area (TPSA) is 102 Å². The standard InChI is InChI=1S/C24H25FN2O6S/c1-32-23(30)16-10-12-27(13-11-16)22(29)14-33-24(31)19-4-2-3-5-20(19)34-15-21(28)26-18-8-6-17(25)7-9-18/h2-9,16H,10-15H2,1H3,(H,26,28). The van der Waals surface area contributed by atoms with Gasteiger partial charge in [0.1, 0.15) is 5.82 Å². The van der Waals surface area contributed by atoms with Gasteiger partial charge in [0, 0.05) is 23.7 Å². The lowest BCUT2D eigenvalue weighted by Gasteiger charge is -2.30. The number of benzene rings is 2. The summed E-state index contributed by atoms with van der Waals surface area (Å²) in [6.07, 6.45) is 1.01. The highest BCUT2D eigenvalue weighted by Gasteiger charge is 2.28. The molecule has 1 saturated heterocycles. The van der Waals surface area contributed by atoms with Gasteiger partial charge >= 0.3 is 11.9 Å². The molecule has 2 aromatic rings. The lowest BCUT2D eigenvalue weighted by molar-refractivity contribution is -0.149. The van der Waals surface area contributed by atoms with Crippen molar-refractivity contribution in [2.45, 2.75) is 17.7 Å². The molecule has 0 bridgehead atoms. The van der Waals surface area contributed by atoms with E-state index in [9.17, 15) is 23.6 Å². The van der Waals surface area contributed by atoms with Crippen LogP contribution in [0.5, 0.6) is 0 Å². The van der Waals surface area contributed by atoms with E-state index in [0.29, 0.717) is 36.5 Å². The Kier molecular flexibility index (Phi) is 9.03. The summed E-state index contributed by atoms with van der Waals surface area (Å²) >= 11 is 1.15. The van der Waals surface area contributed by atoms with Crippen molar-refractivity contribution in [2.24, 2.45) is 5.92 Å². The molecule has 3 rings (SSSR count). The van der Waals surface area contributed by atoms with E-state index in [4.69, 9.17) is 9.47 Å². The fourth-order valence-corrected chi connectivity index (χ4v) is 4.30. The minimum Gasteiger partial charge on any atom is -0.469 e. The van der Waals surface area contributed by atoms with E-state index < -0.39 is 18.4 Å². The molecule has 34 heavy (non-hydrogen) atoms. The number of piperidine rings is 1. The van der Waals surface area contributed by atoms with Gasteiger partial charge in [0.25, 0.3) is 5.91 Å². The molecule has 1 aliphatic rings. The third-order valence-electron chi connectivity index (χ3n) is 5.30. The molecule has 0 spiro atoms. The number of thioether (sulfide) groups is 1. The normalized spacial score (nSPS) is 13.8. The highest BCUT2D eigenvalue weighted by molar-refractivity contribution is 8.00. The summed E-state index contributed by atoms with van der Waals surface area (Å²) < 4.78 is 23.0. The van der Waals surface area contributed by atoms with Gasteiger partial charge in [-0.1, -0.05) is 12.1 Å². The fraction of sp³-hybridized carbons (Fsp3) is 0.333. The molecule has 0 radical (unpaired) electrons. The molecule has 0 saturated carbocycles. The number of halogens is 1. The van der Waals surface area contributed by atoms with Crippen LogP contribution in [0.15, 0.2) is 53.4 Å². The molecule has 0 unspecified atom stereocenters. The number of amides is 2. The molecule has 1 aliphatic heterocycles. The fourth-order valence-electron chi connectivity index (χ4n) is 3.46.